The number of rotatable bonds is 16. The molecule has 0 spiro atoms. The molecule has 7 rings (SSSR count). The van der Waals surface area contributed by atoms with Gasteiger partial charge >= 0.3 is 36.3 Å². The smallest absolute Gasteiger partial charge is 0.458 e. The lowest BCUT2D eigenvalue weighted by atomic mass is 9.40. The Morgan fingerprint density at radius 3 is 1.93 bits per heavy atom. The number of hydrogen-bond acceptors (Lipinski definition) is 16. The van der Waals surface area contributed by atoms with Crippen molar-refractivity contribution in [3.8, 4) is 12.8 Å². The van der Waals surface area contributed by atoms with E-state index in [2.05, 4.69) is 18.2 Å². The number of carbonyl (C=O) groups excluding carboxylic acids is 7. The number of esters is 3. The molecule has 17 nitrogen and oxygen atoms in total. The molecule has 80 heavy (non-hydrogen) atoms. The fourth-order valence-electron chi connectivity index (χ4n) is 12.6. The highest BCUT2D eigenvalue weighted by atomic mass is 16.7. The molecule has 3 aromatic rings. The quantitative estimate of drug-likeness (QED) is 0.0588. The topological polar surface area (TPSA) is 226 Å². The van der Waals surface area contributed by atoms with Gasteiger partial charge in [-0.1, -0.05) is 119 Å². The van der Waals surface area contributed by atoms with Crippen molar-refractivity contribution in [1.29, 1.82) is 0 Å². The molecule has 17 heteroatoms. The van der Waals surface area contributed by atoms with Gasteiger partial charge in [-0.2, -0.15) is 0 Å². The van der Waals surface area contributed by atoms with E-state index in [9.17, 15) is 29.1 Å². The average molecular weight is 1100 g/mol. The van der Waals surface area contributed by atoms with Crippen LogP contribution in [0.25, 0.3) is 0 Å². The van der Waals surface area contributed by atoms with Crippen LogP contribution in [-0.4, -0.2) is 94.5 Å². The van der Waals surface area contributed by atoms with Gasteiger partial charge in [-0.05, 0) is 108 Å². The van der Waals surface area contributed by atoms with Gasteiger partial charge in [0.1, 0.15) is 54.1 Å². The maximum Gasteiger partial charge on any atom is 0.509 e. The molecule has 6 unspecified atom stereocenters. The van der Waals surface area contributed by atoms with Crippen molar-refractivity contribution < 1.29 is 76.6 Å². The van der Waals surface area contributed by atoms with Crippen LogP contribution in [0, 0.1) is 47.3 Å². The number of nitrogens with one attached hydrogen (secondary N) is 1. The molecule has 3 fully saturated rings. The van der Waals surface area contributed by atoms with Crippen LogP contribution in [0.5, 0.6) is 0 Å². The lowest BCUT2D eigenvalue weighted by Gasteiger charge is -2.68. The molecule has 0 heterocycles. The first-order valence-electron chi connectivity index (χ1n) is 27.1. The number of alkyl carbamates (subject to hydrolysis) is 1. The van der Waals surface area contributed by atoms with Crippen molar-refractivity contribution in [2.75, 3.05) is 0 Å². The molecule has 4 aliphatic carbocycles. The zero-order valence-corrected chi connectivity index (χ0v) is 47.7. The third-order valence-electron chi connectivity index (χ3n) is 16.5. The predicted molar refractivity (Wildman–Crippen MR) is 294 cm³/mol. The zero-order valence-electron chi connectivity index (χ0n) is 47.7. The average Bonchev–Trinajstić information content (AvgIpc) is 3.60. The number of fused-ring (bicyclic) bond motifs is 5. The Kier molecular flexibility index (Phi) is 19.6. The molecular formula is C63H77NO16. The highest BCUT2D eigenvalue weighted by molar-refractivity contribution is 5.93. The van der Waals surface area contributed by atoms with Crippen LogP contribution in [0.15, 0.2) is 114 Å². The number of aliphatic hydroxyl groups is 1. The summed E-state index contributed by atoms with van der Waals surface area (Å²) < 4.78 is 48.5. The number of amides is 1. The van der Waals surface area contributed by atoms with E-state index in [-0.39, 0.29) is 31.6 Å². The molecule has 430 valence electrons. The number of terminal acetylenes is 1. The standard InChI is InChI=1S/C61H75NO16.C2H2/c1-12-13-23-36(2)47(62-54(67)78-57(6,7)8)48(75-56(69)72-35-41-26-19-15-20-27-41)53(66)73-44-33-61(70)51(76-52(65)42-28-21-16-22-29-42)49-59(11,50(64)38(4)46(37(44)3)58(61,9)10)45(32-43-30-31-60(43,49)77-39(5)63)74-55(68)71-34-40-24-17-14-18-25-40;1-2/h12-22,24-29,36,38,43-45,47-49,51,70H,23,30-35H2,1-11H3,(H,62,67);1-2H/b13-12-;/t36-,38?,43?,44-,45?,47-,48+,49?,51-,59?,60-,61?;/m0./s1. The van der Waals surface area contributed by atoms with Gasteiger partial charge in [0.2, 0.25) is 6.10 Å². The molecule has 0 aromatic heterocycles. The Hall–Kier alpha value is -7.45. The van der Waals surface area contributed by atoms with E-state index in [1.807, 2.05) is 12.1 Å². The third kappa shape index (κ3) is 12.9. The summed E-state index contributed by atoms with van der Waals surface area (Å²) in [5, 5.41) is 17.0. The van der Waals surface area contributed by atoms with Gasteiger partial charge in [-0.3, -0.25) is 9.59 Å². The van der Waals surface area contributed by atoms with Gasteiger partial charge in [0.15, 0.2) is 0 Å². The fourth-order valence-corrected chi connectivity index (χ4v) is 12.6. The second kappa shape index (κ2) is 25.3. The molecule has 2 N–H and O–H groups in total. The van der Waals surface area contributed by atoms with Crippen LogP contribution in [0.3, 0.4) is 0 Å². The number of benzene rings is 3. The van der Waals surface area contributed by atoms with Crippen molar-refractivity contribution in [2.45, 2.75) is 169 Å². The first kappa shape index (κ1) is 61.8. The Morgan fingerprint density at radius 1 is 0.838 bits per heavy atom. The summed E-state index contributed by atoms with van der Waals surface area (Å²) in [6, 6.07) is 24.5. The predicted octanol–water partition coefficient (Wildman–Crippen LogP) is 10.7. The van der Waals surface area contributed by atoms with Crippen LogP contribution in [0.1, 0.15) is 130 Å². The molecule has 3 aromatic carbocycles. The Bertz CT molecular complexity index is 2800. The van der Waals surface area contributed by atoms with E-state index >= 15 is 9.59 Å². The Morgan fingerprint density at radius 2 is 1.40 bits per heavy atom. The van der Waals surface area contributed by atoms with Gasteiger partial charge in [0.05, 0.1) is 22.9 Å². The fraction of sp³-hybridized carbons (Fsp3) is 0.508. The molecule has 0 aliphatic heterocycles. The maximum atomic E-state index is 16.2. The summed E-state index contributed by atoms with van der Waals surface area (Å²) >= 11 is 0. The van der Waals surface area contributed by atoms with Crippen molar-refractivity contribution in [2.24, 2.45) is 34.5 Å². The summed E-state index contributed by atoms with van der Waals surface area (Å²) in [4.78, 5) is 101. The van der Waals surface area contributed by atoms with Gasteiger partial charge in [0, 0.05) is 30.6 Å². The molecular weight excluding hydrogens is 1030 g/mol. The van der Waals surface area contributed by atoms with E-state index in [0.29, 0.717) is 35.1 Å². The molecule has 12 atom stereocenters. The van der Waals surface area contributed by atoms with Crippen molar-refractivity contribution in [3.05, 3.63) is 131 Å². The zero-order chi connectivity index (χ0) is 59.0. The number of ketones is 1. The highest BCUT2D eigenvalue weighted by Crippen LogP contribution is 2.68. The van der Waals surface area contributed by atoms with E-state index < -0.39 is 130 Å². The van der Waals surface area contributed by atoms with Crippen LogP contribution in [-0.2, 0) is 65.5 Å². The second-order valence-corrected chi connectivity index (χ2v) is 23.0. The number of allylic oxidation sites excluding steroid dienone is 2. The van der Waals surface area contributed by atoms with E-state index in [4.69, 9.17) is 37.9 Å². The molecule has 2 bridgehead atoms. The Labute approximate surface area is 469 Å². The van der Waals surface area contributed by atoms with Crippen molar-refractivity contribution in [3.63, 3.8) is 0 Å². The van der Waals surface area contributed by atoms with E-state index in [0.717, 1.165) is 0 Å². The number of hydrogen-bond donors (Lipinski definition) is 2. The molecule has 0 saturated heterocycles. The number of carbonyl (C=O) groups is 7. The van der Waals surface area contributed by atoms with Gasteiger partial charge in [-0.25, -0.2) is 24.0 Å². The summed E-state index contributed by atoms with van der Waals surface area (Å²) in [6.45, 7) is 17.8. The number of ether oxygens (including phenoxy) is 8. The normalized spacial score (nSPS) is 27.6. The molecule has 4 aliphatic rings. The van der Waals surface area contributed by atoms with Gasteiger partial charge in [0.25, 0.3) is 0 Å². The van der Waals surface area contributed by atoms with Crippen LogP contribution in [0.4, 0.5) is 14.4 Å². The summed E-state index contributed by atoms with van der Waals surface area (Å²) in [5.41, 5.74) is -6.09. The monoisotopic (exact) mass is 1100 g/mol. The largest absolute Gasteiger partial charge is 0.509 e. The minimum Gasteiger partial charge on any atom is -0.458 e. The van der Waals surface area contributed by atoms with E-state index in [1.54, 1.807) is 148 Å². The van der Waals surface area contributed by atoms with Crippen molar-refractivity contribution >= 4 is 42.1 Å². The molecule has 3 saturated carbocycles. The SMILES string of the molecule is C#C.C/C=C\C[C@H](C)[C@H](NC(=O)OC(C)(C)C)[C@@H](OC(=O)OCc1ccccc1)C(=O)O[C@H]1CC2(O)[C@@H](OC(=O)c3ccccc3)C3C(C)(C(=O)C(C)C(=C1C)C2(C)C)C(OC(=O)OCc1ccccc1)CC1CC[C@]13OC(C)=O. The first-order chi connectivity index (χ1) is 37.8. The van der Waals surface area contributed by atoms with Crippen LogP contribution >= 0.6 is 0 Å². The highest BCUT2D eigenvalue weighted by Gasteiger charge is 2.77. The first-order valence-corrected chi connectivity index (χ1v) is 27.1. The lowest BCUT2D eigenvalue weighted by Crippen LogP contribution is -2.78. The van der Waals surface area contributed by atoms with Crippen LogP contribution in [0.2, 0.25) is 0 Å². The Balaban J connectivity index is 0.00000510. The summed E-state index contributed by atoms with van der Waals surface area (Å²) in [7, 11) is 0. The molecule has 1 amide bonds. The second-order valence-electron chi connectivity index (χ2n) is 23.0. The van der Waals surface area contributed by atoms with Gasteiger partial charge in [-0.15, -0.1) is 12.8 Å². The van der Waals surface area contributed by atoms with Crippen LogP contribution < -0.4 is 5.32 Å². The lowest BCUT2D eigenvalue weighted by molar-refractivity contribution is -0.295. The van der Waals surface area contributed by atoms with Crippen molar-refractivity contribution in [1.82, 2.24) is 5.32 Å². The maximum absolute atomic E-state index is 16.2. The van der Waals surface area contributed by atoms with Gasteiger partial charge < -0.3 is 48.3 Å². The van der Waals surface area contributed by atoms with E-state index in [1.165, 1.54) is 19.1 Å². The number of Topliss-reactive ketones (excluding diaryl/α,β-unsaturated/α-hetero) is 1. The minimum absolute atomic E-state index is 0.0543. The summed E-state index contributed by atoms with van der Waals surface area (Å²) in [5.74, 6) is -6.94. The third-order valence-corrected chi connectivity index (χ3v) is 16.5. The molecule has 0 radical (unpaired) electrons. The summed E-state index contributed by atoms with van der Waals surface area (Å²) in [6.07, 6.45) is 2.53. The minimum atomic E-state index is -2.31.